The SMILES string of the molecule is C=C(C(=O)OC)C(C)c1ncccc1Cl. The standard InChI is InChI=1S/C11H12ClNO2/c1-7(8(2)11(14)15-3)10-9(12)5-4-6-13-10/h4-7H,2H2,1,3H3. The third kappa shape index (κ3) is 2.57. The highest BCUT2D eigenvalue weighted by Gasteiger charge is 2.19. The summed E-state index contributed by atoms with van der Waals surface area (Å²) in [4.78, 5) is 15.4. The molecule has 1 heterocycles. The quantitative estimate of drug-likeness (QED) is 0.586. The number of hydrogen-bond acceptors (Lipinski definition) is 3. The number of carbonyl (C=O) groups excluding carboxylic acids is 1. The summed E-state index contributed by atoms with van der Waals surface area (Å²) in [7, 11) is 1.32. The minimum absolute atomic E-state index is 0.244. The second kappa shape index (κ2) is 4.94. The fourth-order valence-corrected chi connectivity index (χ4v) is 1.47. The molecule has 1 rings (SSSR count). The van der Waals surface area contributed by atoms with Crippen LogP contribution < -0.4 is 0 Å². The molecule has 1 aromatic heterocycles. The number of ether oxygens (including phenoxy) is 1. The minimum Gasteiger partial charge on any atom is -0.466 e. The number of esters is 1. The number of methoxy groups -OCH3 is 1. The van der Waals surface area contributed by atoms with Crippen molar-refractivity contribution in [2.24, 2.45) is 0 Å². The van der Waals surface area contributed by atoms with Gasteiger partial charge in [0.05, 0.1) is 17.8 Å². The van der Waals surface area contributed by atoms with Crippen molar-refractivity contribution in [2.75, 3.05) is 7.11 Å². The largest absolute Gasteiger partial charge is 0.466 e. The van der Waals surface area contributed by atoms with Gasteiger partial charge in [0.1, 0.15) is 0 Å². The van der Waals surface area contributed by atoms with E-state index in [0.717, 1.165) is 0 Å². The summed E-state index contributed by atoms with van der Waals surface area (Å²) in [6.45, 7) is 5.48. The van der Waals surface area contributed by atoms with Crippen molar-refractivity contribution in [1.82, 2.24) is 4.98 Å². The van der Waals surface area contributed by atoms with Gasteiger partial charge in [0.15, 0.2) is 0 Å². The number of nitrogens with zero attached hydrogens (tertiary/aromatic N) is 1. The van der Waals surface area contributed by atoms with Crippen LogP contribution in [0.3, 0.4) is 0 Å². The lowest BCUT2D eigenvalue weighted by Gasteiger charge is -2.13. The molecule has 0 N–H and O–H groups in total. The van der Waals surface area contributed by atoms with Crippen LogP contribution in [-0.2, 0) is 9.53 Å². The van der Waals surface area contributed by atoms with Gasteiger partial charge in [-0.1, -0.05) is 25.1 Å². The molecule has 0 bridgehead atoms. The van der Waals surface area contributed by atoms with Gasteiger partial charge in [-0.3, -0.25) is 4.98 Å². The molecule has 0 aliphatic rings. The Morgan fingerprint density at radius 3 is 2.87 bits per heavy atom. The molecule has 0 radical (unpaired) electrons. The molecule has 0 aliphatic heterocycles. The Morgan fingerprint density at radius 2 is 2.33 bits per heavy atom. The lowest BCUT2D eigenvalue weighted by molar-refractivity contribution is -0.136. The predicted molar refractivity (Wildman–Crippen MR) is 58.8 cm³/mol. The molecule has 0 aromatic carbocycles. The van der Waals surface area contributed by atoms with Gasteiger partial charge in [0, 0.05) is 17.7 Å². The van der Waals surface area contributed by atoms with Gasteiger partial charge in [0.2, 0.25) is 0 Å². The maximum atomic E-state index is 11.2. The smallest absolute Gasteiger partial charge is 0.333 e. The summed E-state index contributed by atoms with van der Waals surface area (Å²) >= 11 is 5.96. The summed E-state index contributed by atoms with van der Waals surface area (Å²) in [6.07, 6.45) is 1.63. The molecule has 0 amide bonds. The number of pyridine rings is 1. The molecule has 15 heavy (non-hydrogen) atoms. The van der Waals surface area contributed by atoms with Gasteiger partial charge >= 0.3 is 5.97 Å². The maximum Gasteiger partial charge on any atom is 0.333 e. The van der Waals surface area contributed by atoms with Crippen molar-refractivity contribution in [3.63, 3.8) is 0 Å². The first kappa shape index (κ1) is 11.7. The van der Waals surface area contributed by atoms with Gasteiger partial charge in [0.25, 0.3) is 0 Å². The van der Waals surface area contributed by atoms with Crippen LogP contribution in [0.4, 0.5) is 0 Å². The molecule has 0 saturated heterocycles. The molecule has 80 valence electrons. The first-order chi connectivity index (χ1) is 7.07. The Balaban J connectivity index is 2.95. The number of rotatable bonds is 3. The lowest BCUT2D eigenvalue weighted by atomic mass is 9.98. The minimum atomic E-state index is -0.441. The monoisotopic (exact) mass is 225 g/mol. The summed E-state index contributed by atoms with van der Waals surface area (Å²) in [5, 5.41) is 0.523. The molecule has 4 heteroatoms. The molecule has 0 spiro atoms. The Labute approximate surface area is 93.7 Å². The van der Waals surface area contributed by atoms with Crippen LogP contribution in [0.1, 0.15) is 18.5 Å². The zero-order valence-electron chi connectivity index (χ0n) is 8.66. The van der Waals surface area contributed by atoms with Crippen molar-refractivity contribution in [2.45, 2.75) is 12.8 Å². The van der Waals surface area contributed by atoms with Crippen LogP contribution in [0.25, 0.3) is 0 Å². The van der Waals surface area contributed by atoms with E-state index in [2.05, 4.69) is 16.3 Å². The normalized spacial score (nSPS) is 11.9. The molecular weight excluding hydrogens is 214 g/mol. The molecule has 0 aliphatic carbocycles. The van der Waals surface area contributed by atoms with E-state index in [0.29, 0.717) is 16.3 Å². The average molecular weight is 226 g/mol. The summed E-state index contributed by atoms with van der Waals surface area (Å²) in [6, 6.07) is 3.46. The molecular formula is C11H12ClNO2. The van der Waals surface area contributed by atoms with Crippen molar-refractivity contribution < 1.29 is 9.53 Å². The van der Waals surface area contributed by atoms with E-state index in [9.17, 15) is 4.79 Å². The number of hydrogen-bond donors (Lipinski definition) is 0. The Bertz CT molecular complexity index is 390. The molecule has 0 fully saturated rings. The van der Waals surface area contributed by atoms with Crippen molar-refractivity contribution in [3.05, 3.63) is 41.2 Å². The Morgan fingerprint density at radius 1 is 1.67 bits per heavy atom. The molecule has 1 aromatic rings. The van der Waals surface area contributed by atoms with Crippen LogP contribution in [0, 0.1) is 0 Å². The number of halogens is 1. The van der Waals surface area contributed by atoms with E-state index < -0.39 is 5.97 Å². The van der Waals surface area contributed by atoms with E-state index in [-0.39, 0.29) is 5.92 Å². The Hall–Kier alpha value is -1.35. The summed E-state index contributed by atoms with van der Waals surface area (Å²) in [5.74, 6) is -0.685. The van der Waals surface area contributed by atoms with Gasteiger partial charge in [-0.15, -0.1) is 0 Å². The number of carbonyl (C=O) groups is 1. The Kier molecular flexibility index (Phi) is 3.86. The molecule has 1 atom stereocenters. The van der Waals surface area contributed by atoms with E-state index in [1.807, 2.05) is 6.92 Å². The number of aromatic nitrogens is 1. The summed E-state index contributed by atoms with van der Waals surface area (Å²) in [5.41, 5.74) is 0.979. The highest BCUT2D eigenvalue weighted by Crippen LogP contribution is 2.27. The van der Waals surface area contributed by atoms with Crippen LogP contribution in [0.15, 0.2) is 30.5 Å². The van der Waals surface area contributed by atoms with Crippen LogP contribution in [0.2, 0.25) is 5.02 Å². The average Bonchev–Trinajstić information content (AvgIpc) is 2.26. The van der Waals surface area contributed by atoms with Gasteiger partial charge in [-0.2, -0.15) is 0 Å². The predicted octanol–water partition coefficient (Wildman–Crippen LogP) is 2.57. The molecule has 0 saturated carbocycles. The van der Waals surface area contributed by atoms with Gasteiger partial charge < -0.3 is 4.74 Å². The topological polar surface area (TPSA) is 39.2 Å². The first-order valence-corrected chi connectivity index (χ1v) is 4.83. The fourth-order valence-electron chi connectivity index (χ4n) is 1.19. The van der Waals surface area contributed by atoms with E-state index in [4.69, 9.17) is 11.6 Å². The van der Waals surface area contributed by atoms with Crippen molar-refractivity contribution in [3.8, 4) is 0 Å². The second-order valence-corrected chi connectivity index (χ2v) is 3.52. The van der Waals surface area contributed by atoms with Crippen LogP contribution in [0.5, 0.6) is 0 Å². The van der Waals surface area contributed by atoms with E-state index >= 15 is 0 Å². The van der Waals surface area contributed by atoms with Crippen molar-refractivity contribution in [1.29, 1.82) is 0 Å². The lowest BCUT2D eigenvalue weighted by Crippen LogP contribution is -2.11. The third-order valence-corrected chi connectivity index (χ3v) is 2.49. The van der Waals surface area contributed by atoms with Gasteiger partial charge in [-0.25, -0.2) is 4.79 Å². The first-order valence-electron chi connectivity index (χ1n) is 4.45. The second-order valence-electron chi connectivity index (χ2n) is 3.11. The molecule has 1 unspecified atom stereocenters. The van der Waals surface area contributed by atoms with E-state index in [1.54, 1.807) is 18.3 Å². The van der Waals surface area contributed by atoms with Gasteiger partial charge in [-0.05, 0) is 12.1 Å². The zero-order valence-corrected chi connectivity index (χ0v) is 9.41. The highest BCUT2D eigenvalue weighted by atomic mass is 35.5. The fraction of sp³-hybridized carbons (Fsp3) is 0.273. The van der Waals surface area contributed by atoms with E-state index in [1.165, 1.54) is 7.11 Å². The zero-order chi connectivity index (χ0) is 11.4. The molecule has 3 nitrogen and oxygen atoms in total. The summed E-state index contributed by atoms with van der Waals surface area (Å²) < 4.78 is 4.59. The highest BCUT2D eigenvalue weighted by molar-refractivity contribution is 6.31. The maximum absolute atomic E-state index is 11.2. The van der Waals surface area contributed by atoms with Crippen LogP contribution >= 0.6 is 11.6 Å². The van der Waals surface area contributed by atoms with Crippen LogP contribution in [-0.4, -0.2) is 18.1 Å². The third-order valence-electron chi connectivity index (χ3n) is 2.17. The van der Waals surface area contributed by atoms with Crippen molar-refractivity contribution >= 4 is 17.6 Å².